The lowest BCUT2D eigenvalue weighted by Crippen LogP contribution is -2.34. The average Bonchev–Trinajstić information content (AvgIpc) is 3.70. The summed E-state index contributed by atoms with van der Waals surface area (Å²) in [6.45, 7) is 34.4. The van der Waals surface area contributed by atoms with E-state index in [0.717, 1.165) is 70.9 Å². The van der Waals surface area contributed by atoms with Crippen molar-refractivity contribution in [3.63, 3.8) is 0 Å². The predicted octanol–water partition coefficient (Wildman–Crippen LogP) is 19.1. The number of anilines is 6. The summed E-state index contributed by atoms with van der Waals surface area (Å²) in [6.07, 6.45) is 4.43. The SMILES string of the molecule is [2H]c1c([2H])c([2H])c(-c2cc(C(C)(C)C)ccc2N(c2cc(C)cc(N(c3ccc(C(C)(C)C)cc3)c3csc4cc5c(cc34)C(C)(C)CCC5(C)C)c2)c2ccc3c(c2)C(C)(C)CCC3(C)C)c([2H])c1[2H]. The highest BCUT2D eigenvalue weighted by molar-refractivity contribution is 7.17. The summed E-state index contributed by atoms with van der Waals surface area (Å²) in [5, 5.41) is 3.57. The molecule has 1 heterocycles. The van der Waals surface area contributed by atoms with Gasteiger partial charge < -0.3 is 9.80 Å². The van der Waals surface area contributed by atoms with Crippen LogP contribution in [0, 0.1) is 6.92 Å². The third-order valence-electron chi connectivity index (χ3n) is 15.3. The zero-order chi connectivity index (χ0) is 51.7. The van der Waals surface area contributed by atoms with E-state index in [9.17, 15) is 2.74 Å². The van der Waals surface area contributed by atoms with Gasteiger partial charge in [0.25, 0.3) is 0 Å². The maximum atomic E-state index is 9.39. The molecule has 342 valence electrons. The van der Waals surface area contributed by atoms with E-state index in [1.165, 1.54) is 37.9 Å². The number of thiophene rings is 1. The van der Waals surface area contributed by atoms with Crippen LogP contribution in [0.15, 0.2) is 127 Å². The van der Waals surface area contributed by atoms with Crippen LogP contribution in [0.5, 0.6) is 0 Å². The van der Waals surface area contributed by atoms with Gasteiger partial charge in [0.1, 0.15) is 0 Å². The fourth-order valence-corrected chi connectivity index (χ4v) is 11.7. The molecular formula is C63H74N2S. The number of aryl methyl sites for hydroxylation is 1. The van der Waals surface area contributed by atoms with E-state index >= 15 is 0 Å². The fraction of sp³-hybridized carbons (Fsp3) is 0.397. The quantitative estimate of drug-likeness (QED) is 0.157. The van der Waals surface area contributed by atoms with E-state index < -0.39 is 6.04 Å². The first kappa shape index (κ1) is 40.0. The normalized spacial score (nSPS) is 18.3. The standard InChI is InChI=1S/C63H74N2S/c1-41-33-47(64(45-24-21-43(22-25-45)58(2,3)4)56-40-66-57-39-54-53(38-50(56)57)62(12,13)31-32-63(54,14)15)36-48(34-41)65(46-26-27-51-52(37-46)61(10,11)30-29-60(51,8)9)55-28-23-44(59(5,6)7)35-49(55)42-19-17-16-18-20-42/h16-28,33-40H,29-32H2,1-15H3/i16D,17D,18D,19D,20D. The van der Waals surface area contributed by atoms with Crippen molar-refractivity contribution in [3.8, 4) is 11.1 Å². The summed E-state index contributed by atoms with van der Waals surface area (Å²) in [7, 11) is 0. The third kappa shape index (κ3) is 8.33. The number of nitrogens with zero attached hydrogens (tertiary/aromatic N) is 2. The van der Waals surface area contributed by atoms with Crippen LogP contribution in [-0.2, 0) is 32.5 Å². The van der Waals surface area contributed by atoms with Gasteiger partial charge in [-0.3, -0.25) is 0 Å². The van der Waals surface area contributed by atoms with Crippen LogP contribution in [0.3, 0.4) is 0 Å². The maximum absolute atomic E-state index is 9.39. The molecule has 7 aromatic rings. The first-order chi connectivity index (χ1) is 32.9. The lowest BCUT2D eigenvalue weighted by molar-refractivity contribution is 0.332. The second-order valence-corrected chi connectivity index (χ2v) is 25.2. The molecule has 9 rings (SSSR count). The Hall–Kier alpha value is -5.12. The number of hydrogen-bond acceptors (Lipinski definition) is 3. The second-order valence-electron chi connectivity index (χ2n) is 24.3. The Kier molecular flexibility index (Phi) is 9.70. The zero-order valence-electron chi connectivity index (χ0n) is 47.4. The average molecular weight is 896 g/mol. The number of rotatable bonds is 7. The van der Waals surface area contributed by atoms with Crippen LogP contribution in [0.25, 0.3) is 21.2 Å². The van der Waals surface area contributed by atoms with Crippen molar-refractivity contribution in [2.45, 2.75) is 162 Å². The highest BCUT2D eigenvalue weighted by Gasteiger charge is 2.39. The van der Waals surface area contributed by atoms with Gasteiger partial charge in [-0.25, -0.2) is 0 Å². The fourth-order valence-electron chi connectivity index (χ4n) is 10.7. The van der Waals surface area contributed by atoms with Gasteiger partial charge in [-0.05, 0) is 176 Å². The van der Waals surface area contributed by atoms with Crippen LogP contribution in [0.1, 0.15) is 168 Å². The Bertz CT molecular complexity index is 3220. The van der Waals surface area contributed by atoms with Gasteiger partial charge in [-0.2, -0.15) is 0 Å². The molecule has 0 aliphatic heterocycles. The lowest BCUT2D eigenvalue weighted by atomic mass is 9.63. The first-order valence-corrected chi connectivity index (χ1v) is 25.0. The van der Waals surface area contributed by atoms with Gasteiger partial charge in [-0.1, -0.05) is 151 Å². The van der Waals surface area contributed by atoms with Crippen LogP contribution in [-0.4, -0.2) is 0 Å². The molecule has 2 aliphatic carbocycles. The highest BCUT2D eigenvalue weighted by Crippen LogP contribution is 2.53. The monoisotopic (exact) mass is 896 g/mol. The van der Waals surface area contributed by atoms with Crippen molar-refractivity contribution < 1.29 is 6.85 Å². The maximum Gasteiger partial charge on any atom is 0.0647 e. The molecule has 0 N–H and O–H groups in total. The lowest BCUT2D eigenvalue weighted by Gasteiger charge is -2.42. The van der Waals surface area contributed by atoms with Gasteiger partial charge in [-0.15, -0.1) is 11.3 Å². The Morgan fingerprint density at radius 1 is 0.485 bits per heavy atom. The molecule has 0 saturated heterocycles. The summed E-state index contributed by atoms with van der Waals surface area (Å²) >= 11 is 1.81. The zero-order valence-corrected chi connectivity index (χ0v) is 43.2. The molecule has 6 aromatic carbocycles. The molecule has 3 heteroatoms. The smallest absolute Gasteiger partial charge is 0.0647 e. The van der Waals surface area contributed by atoms with E-state index in [4.69, 9.17) is 4.11 Å². The minimum atomic E-state index is -0.402. The molecule has 66 heavy (non-hydrogen) atoms. The Labute approximate surface area is 409 Å². The second kappa shape index (κ2) is 16.0. The Morgan fingerprint density at radius 2 is 0.985 bits per heavy atom. The van der Waals surface area contributed by atoms with Crippen molar-refractivity contribution >= 4 is 55.5 Å². The third-order valence-corrected chi connectivity index (χ3v) is 16.2. The summed E-state index contributed by atoms with van der Waals surface area (Å²) in [6, 6.07) is 32.5. The van der Waals surface area contributed by atoms with E-state index in [0.29, 0.717) is 5.56 Å². The van der Waals surface area contributed by atoms with Gasteiger partial charge in [0.15, 0.2) is 0 Å². The Balaban J connectivity index is 1.36. The van der Waals surface area contributed by atoms with E-state index in [2.05, 4.69) is 210 Å². The number of benzene rings is 6. The molecular weight excluding hydrogens is 817 g/mol. The minimum absolute atomic E-state index is 0.00586. The summed E-state index contributed by atoms with van der Waals surface area (Å²) in [4.78, 5) is 4.72. The van der Waals surface area contributed by atoms with Crippen LogP contribution in [0.2, 0.25) is 0 Å². The van der Waals surface area contributed by atoms with E-state index in [1.54, 1.807) is 0 Å². The van der Waals surface area contributed by atoms with Gasteiger partial charge in [0.05, 0.1) is 18.2 Å². The molecule has 0 bridgehead atoms. The molecule has 0 unspecified atom stereocenters. The topological polar surface area (TPSA) is 6.48 Å². The summed E-state index contributed by atoms with van der Waals surface area (Å²) < 4.78 is 46.4. The molecule has 0 radical (unpaired) electrons. The summed E-state index contributed by atoms with van der Waals surface area (Å²) in [5.74, 6) is 0. The number of hydrogen-bond donors (Lipinski definition) is 0. The van der Waals surface area contributed by atoms with Crippen molar-refractivity contribution in [1.82, 2.24) is 0 Å². The van der Waals surface area contributed by atoms with Crippen molar-refractivity contribution in [1.29, 1.82) is 0 Å². The van der Waals surface area contributed by atoms with Crippen molar-refractivity contribution in [3.05, 3.63) is 166 Å². The molecule has 2 aliphatic rings. The summed E-state index contributed by atoms with van der Waals surface area (Å²) in [5.41, 5.74) is 15.1. The Morgan fingerprint density at radius 3 is 1.56 bits per heavy atom. The molecule has 0 amide bonds. The number of fused-ring (bicyclic) bond motifs is 3. The van der Waals surface area contributed by atoms with Gasteiger partial charge in [0, 0.05) is 43.8 Å². The van der Waals surface area contributed by atoms with Crippen molar-refractivity contribution in [2.24, 2.45) is 0 Å². The highest BCUT2D eigenvalue weighted by atomic mass is 32.1. The van der Waals surface area contributed by atoms with Crippen molar-refractivity contribution in [2.75, 3.05) is 9.80 Å². The van der Waals surface area contributed by atoms with Gasteiger partial charge >= 0.3 is 0 Å². The van der Waals surface area contributed by atoms with Crippen LogP contribution < -0.4 is 9.80 Å². The predicted molar refractivity (Wildman–Crippen MR) is 289 cm³/mol. The minimum Gasteiger partial charge on any atom is -0.310 e. The molecule has 0 fully saturated rings. The van der Waals surface area contributed by atoms with E-state index in [1.807, 2.05) is 11.3 Å². The van der Waals surface area contributed by atoms with Crippen LogP contribution in [0.4, 0.5) is 34.1 Å². The van der Waals surface area contributed by atoms with E-state index in [-0.39, 0.29) is 62.2 Å². The molecule has 1 aromatic heterocycles. The molecule has 0 saturated carbocycles. The molecule has 0 atom stereocenters. The van der Waals surface area contributed by atoms with Crippen LogP contribution >= 0.6 is 11.3 Å². The first-order valence-electron chi connectivity index (χ1n) is 26.7. The largest absolute Gasteiger partial charge is 0.310 e. The molecule has 0 spiro atoms. The van der Waals surface area contributed by atoms with Gasteiger partial charge in [0.2, 0.25) is 0 Å². The molecule has 2 nitrogen and oxygen atoms in total.